The third kappa shape index (κ3) is 7.35. The van der Waals surface area contributed by atoms with E-state index in [0.29, 0.717) is 12.2 Å². The summed E-state index contributed by atoms with van der Waals surface area (Å²) in [5.74, 6) is -0.0918. The van der Waals surface area contributed by atoms with Gasteiger partial charge in [-0.1, -0.05) is 78.5 Å². The molecule has 1 atom stereocenters. The van der Waals surface area contributed by atoms with E-state index in [9.17, 15) is 14.4 Å². The minimum atomic E-state index is -0.696. The van der Waals surface area contributed by atoms with Crippen LogP contribution in [-0.2, 0) is 11.3 Å². The van der Waals surface area contributed by atoms with Crippen molar-refractivity contribution in [3.8, 4) is 22.4 Å². The van der Waals surface area contributed by atoms with E-state index in [4.69, 9.17) is 28.3 Å². The lowest BCUT2D eigenvalue weighted by atomic mass is 9.75. The molecule has 0 saturated heterocycles. The zero-order chi connectivity index (χ0) is 33.7. The third-order valence-corrected chi connectivity index (χ3v) is 9.56. The maximum absolute atomic E-state index is 13.4. The van der Waals surface area contributed by atoms with Crippen molar-refractivity contribution < 1.29 is 9.59 Å². The van der Waals surface area contributed by atoms with Gasteiger partial charge in [0.2, 0.25) is 5.91 Å². The highest BCUT2D eigenvalue weighted by Gasteiger charge is 2.44. The lowest BCUT2D eigenvalue weighted by Gasteiger charge is -2.44. The number of rotatable bonds is 10. The lowest BCUT2D eigenvalue weighted by Crippen LogP contribution is -2.50. The van der Waals surface area contributed by atoms with Gasteiger partial charge < -0.3 is 20.9 Å². The number of hydrogen-bond donors (Lipinski definition) is 3. The van der Waals surface area contributed by atoms with E-state index in [2.05, 4.69) is 58.1 Å². The quantitative estimate of drug-likeness (QED) is 0.166. The summed E-state index contributed by atoms with van der Waals surface area (Å²) in [5.41, 5.74) is 3.84. The number of pyridine rings is 1. The Balaban J connectivity index is 1.64. The molecular formula is C35H39Cl2N7O3. The molecule has 12 heteroatoms. The molecule has 3 amide bonds. The molecule has 1 unspecified atom stereocenters. The maximum Gasteiger partial charge on any atom is 0.323 e. The monoisotopic (exact) mass is 675 g/mol. The van der Waals surface area contributed by atoms with Gasteiger partial charge in [0.05, 0.1) is 21.4 Å². The summed E-state index contributed by atoms with van der Waals surface area (Å²) in [5, 5.41) is 13.5. The van der Waals surface area contributed by atoms with Crippen molar-refractivity contribution in [2.24, 2.45) is 0 Å². The van der Waals surface area contributed by atoms with Crippen LogP contribution in [0.5, 0.6) is 0 Å². The number of aromatic nitrogens is 3. The summed E-state index contributed by atoms with van der Waals surface area (Å²) in [6.07, 6.45) is 6.96. The van der Waals surface area contributed by atoms with E-state index in [1.165, 1.54) is 24.0 Å². The summed E-state index contributed by atoms with van der Waals surface area (Å²) < 4.78 is 1.33. The Hall–Kier alpha value is -4.25. The first-order chi connectivity index (χ1) is 22.5. The summed E-state index contributed by atoms with van der Waals surface area (Å²) in [7, 11) is 4.22. The average Bonchev–Trinajstić information content (AvgIpc) is 3.55. The van der Waals surface area contributed by atoms with Crippen molar-refractivity contribution in [1.29, 1.82) is 0 Å². The highest BCUT2D eigenvalue weighted by molar-refractivity contribution is 6.39. The minimum Gasteiger partial charge on any atom is -0.356 e. The van der Waals surface area contributed by atoms with Gasteiger partial charge in [-0.25, -0.2) is 9.48 Å². The zero-order valence-electron chi connectivity index (χ0n) is 26.9. The molecule has 1 fully saturated rings. The highest BCUT2D eigenvalue weighted by Crippen LogP contribution is 2.46. The molecule has 246 valence electrons. The van der Waals surface area contributed by atoms with Gasteiger partial charge in [0.25, 0.3) is 5.56 Å². The Morgan fingerprint density at radius 2 is 1.66 bits per heavy atom. The summed E-state index contributed by atoms with van der Waals surface area (Å²) in [4.78, 5) is 44.9. The normalized spacial score (nSPS) is 14.5. The van der Waals surface area contributed by atoms with Crippen LogP contribution in [0.4, 0.5) is 16.2 Å². The zero-order valence-corrected chi connectivity index (χ0v) is 28.5. The molecule has 0 spiro atoms. The van der Waals surface area contributed by atoms with E-state index in [0.717, 1.165) is 47.9 Å². The molecule has 0 bridgehead atoms. The number of nitrogens with one attached hydrogen (secondary N) is 3. The highest BCUT2D eigenvalue weighted by atomic mass is 35.5. The number of benzene rings is 2. The van der Waals surface area contributed by atoms with Gasteiger partial charge in [-0.3, -0.25) is 14.6 Å². The van der Waals surface area contributed by atoms with Crippen LogP contribution < -0.4 is 21.5 Å². The number of amides is 3. The standard InChI is InChI=1S/C35H39Cl2N7O3/c1-5-44-33(46)31(40-34(47)41-32-28(36)20-38-21-29(32)37)18-30(42-44)26-17-24(13-14-25(26)23-11-7-6-8-12-23)27(19-39-22(2)45)35(43(3)4)15-9-10-16-35/h6-8,11-14,17-18,20-21,27H,5,9-10,15-16,19H2,1-4H3,(H,39,45)(H2,38,40,41,47). The molecule has 5 rings (SSSR count). The second-order valence-corrected chi connectivity index (χ2v) is 12.8. The van der Waals surface area contributed by atoms with E-state index < -0.39 is 11.6 Å². The topological polar surface area (TPSA) is 121 Å². The summed E-state index contributed by atoms with van der Waals surface area (Å²) in [6.45, 7) is 4.11. The molecule has 1 saturated carbocycles. The number of nitrogens with zero attached hydrogens (tertiary/aromatic N) is 4. The van der Waals surface area contributed by atoms with Crippen LogP contribution in [0.3, 0.4) is 0 Å². The van der Waals surface area contributed by atoms with Crippen LogP contribution in [0.2, 0.25) is 10.0 Å². The molecule has 10 nitrogen and oxygen atoms in total. The Kier molecular flexibility index (Phi) is 10.6. The van der Waals surface area contributed by atoms with E-state index in [1.54, 1.807) is 6.07 Å². The smallest absolute Gasteiger partial charge is 0.323 e. The first-order valence-corrected chi connectivity index (χ1v) is 16.4. The summed E-state index contributed by atoms with van der Waals surface area (Å²) in [6, 6.07) is 17.2. The third-order valence-electron chi connectivity index (χ3n) is 8.98. The molecule has 2 aromatic carbocycles. The van der Waals surface area contributed by atoms with Gasteiger partial charge in [0, 0.05) is 49.4 Å². The van der Waals surface area contributed by atoms with Crippen molar-refractivity contribution >= 4 is 46.5 Å². The summed E-state index contributed by atoms with van der Waals surface area (Å²) >= 11 is 12.4. The predicted molar refractivity (Wildman–Crippen MR) is 188 cm³/mol. The number of urea groups is 1. The molecule has 1 aliphatic carbocycles. The SMILES string of the molecule is CCn1nc(-c2cc(C(CNC(C)=O)C3(N(C)C)CCCC3)ccc2-c2ccccc2)cc(NC(=O)Nc2c(Cl)cncc2Cl)c1=O. The molecule has 2 heterocycles. The van der Waals surface area contributed by atoms with Crippen molar-refractivity contribution in [3.63, 3.8) is 0 Å². The minimum absolute atomic E-state index is 0.0113. The number of carbonyl (C=O) groups excluding carboxylic acids is 2. The Morgan fingerprint density at radius 3 is 2.28 bits per heavy atom. The van der Waals surface area contributed by atoms with Crippen LogP contribution >= 0.6 is 23.2 Å². The van der Waals surface area contributed by atoms with Gasteiger partial charge in [-0.15, -0.1) is 0 Å². The molecule has 47 heavy (non-hydrogen) atoms. The molecule has 4 aromatic rings. The van der Waals surface area contributed by atoms with Gasteiger partial charge in [-0.2, -0.15) is 5.10 Å². The van der Waals surface area contributed by atoms with Crippen molar-refractivity contribution in [1.82, 2.24) is 25.0 Å². The predicted octanol–water partition coefficient (Wildman–Crippen LogP) is 7.04. The second kappa shape index (κ2) is 14.7. The number of likely N-dealkylation sites (N-methyl/N-ethyl adjacent to an activating group) is 1. The van der Waals surface area contributed by atoms with Crippen LogP contribution in [0, 0.1) is 0 Å². The fraction of sp³-hybridized carbons (Fsp3) is 0.343. The molecular weight excluding hydrogens is 637 g/mol. The van der Waals surface area contributed by atoms with Crippen LogP contribution in [0.1, 0.15) is 51.0 Å². The van der Waals surface area contributed by atoms with Gasteiger partial charge in [-0.05, 0) is 62.7 Å². The van der Waals surface area contributed by atoms with Crippen molar-refractivity contribution in [2.75, 3.05) is 31.3 Å². The van der Waals surface area contributed by atoms with Crippen molar-refractivity contribution in [2.45, 2.75) is 57.5 Å². The fourth-order valence-electron chi connectivity index (χ4n) is 6.59. The largest absolute Gasteiger partial charge is 0.356 e. The van der Waals surface area contributed by atoms with E-state index >= 15 is 0 Å². The van der Waals surface area contributed by atoms with Gasteiger partial charge in [0.15, 0.2) is 0 Å². The average molecular weight is 677 g/mol. The number of hydrogen-bond acceptors (Lipinski definition) is 6. The van der Waals surface area contributed by atoms with Crippen LogP contribution in [0.25, 0.3) is 22.4 Å². The number of aryl methyl sites for hydroxylation is 1. The van der Waals surface area contributed by atoms with Crippen LogP contribution in [0.15, 0.2) is 71.8 Å². The van der Waals surface area contributed by atoms with Crippen molar-refractivity contribution in [3.05, 3.63) is 93.0 Å². The maximum atomic E-state index is 13.4. The first kappa shape index (κ1) is 34.1. The number of halogens is 2. The molecule has 0 aliphatic heterocycles. The Labute approximate surface area is 284 Å². The lowest BCUT2D eigenvalue weighted by molar-refractivity contribution is -0.119. The second-order valence-electron chi connectivity index (χ2n) is 12.0. The molecule has 0 radical (unpaired) electrons. The molecule has 2 aromatic heterocycles. The fourth-order valence-corrected chi connectivity index (χ4v) is 7.05. The van der Waals surface area contributed by atoms with Crippen LogP contribution in [-0.4, -0.2) is 57.8 Å². The first-order valence-electron chi connectivity index (χ1n) is 15.6. The van der Waals surface area contributed by atoms with Gasteiger partial charge >= 0.3 is 6.03 Å². The van der Waals surface area contributed by atoms with E-state index in [-0.39, 0.29) is 45.3 Å². The number of carbonyl (C=O) groups is 2. The Morgan fingerprint density at radius 1 is 0.979 bits per heavy atom. The van der Waals surface area contributed by atoms with E-state index in [1.807, 2.05) is 37.3 Å². The van der Waals surface area contributed by atoms with Gasteiger partial charge in [0.1, 0.15) is 5.69 Å². The number of anilines is 2. The Bertz CT molecular complexity index is 1800. The molecule has 3 N–H and O–H groups in total. The molecule has 1 aliphatic rings.